The van der Waals surface area contributed by atoms with E-state index in [1.54, 1.807) is 13.1 Å². The molecule has 0 saturated carbocycles. The van der Waals surface area contributed by atoms with E-state index in [-0.39, 0.29) is 6.10 Å². The number of nitrogens with one attached hydrogen (secondary N) is 2. The van der Waals surface area contributed by atoms with Gasteiger partial charge in [-0.3, -0.25) is 5.32 Å². The van der Waals surface area contributed by atoms with Crippen molar-refractivity contribution in [1.29, 1.82) is 0 Å². The first-order valence-electron chi connectivity index (χ1n) is 6.79. The normalized spacial score (nSPS) is 19.7. The molecule has 21 heavy (non-hydrogen) atoms. The van der Waals surface area contributed by atoms with Gasteiger partial charge in [0.1, 0.15) is 21.6 Å². The van der Waals surface area contributed by atoms with Crippen molar-refractivity contribution in [2.45, 2.75) is 18.9 Å². The molecule has 1 aliphatic heterocycles. The van der Waals surface area contributed by atoms with Gasteiger partial charge in [0.15, 0.2) is 5.13 Å². The van der Waals surface area contributed by atoms with Crippen LogP contribution in [0.3, 0.4) is 0 Å². The highest BCUT2D eigenvalue weighted by Gasteiger charge is 2.17. The Balaban J connectivity index is 1.70. The van der Waals surface area contributed by atoms with Gasteiger partial charge in [0.2, 0.25) is 0 Å². The molecule has 1 atom stereocenters. The minimum absolute atomic E-state index is 0.145. The van der Waals surface area contributed by atoms with Crippen LogP contribution in [0.15, 0.2) is 17.1 Å². The molecule has 2 aromatic rings. The molecule has 6 nitrogen and oxygen atoms in total. The fraction of sp³-hybridized carbons (Fsp3) is 0.462. The van der Waals surface area contributed by atoms with E-state index >= 15 is 0 Å². The third kappa shape index (κ3) is 3.61. The largest absolute Gasteiger partial charge is 0.460 e. The van der Waals surface area contributed by atoms with Gasteiger partial charge in [-0.1, -0.05) is 22.9 Å². The molecule has 1 unspecified atom stereocenters. The quantitative estimate of drug-likeness (QED) is 0.504. The predicted octanol–water partition coefficient (Wildman–Crippen LogP) is 2.51. The summed E-state index contributed by atoms with van der Waals surface area (Å²) < 4.78 is 5.86. The Labute approximate surface area is 131 Å². The Bertz CT molecular complexity index is 653. The van der Waals surface area contributed by atoms with Crippen LogP contribution in [-0.2, 0) is 4.74 Å². The number of aliphatic imine (C=N–C) groups is 1. The molecule has 3 rings (SSSR count). The number of nitrogens with zero attached hydrogens (tertiary/aromatic N) is 3. The first-order valence-corrected chi connectivity index (χ1v) is 7.98. The first-order chi connectivity index (χ1) is 10.2. The van der Waals surface area contributed by atoms with Crippen LogP contribution in [0, 0.1) is 0 Å². The lowest BCUT2D eigenvalue weighted by molar-refractivity contribution is 0.154. The SMILES string of the molecule is CN=C(Nc1nc2ccc(Cl)nc2s1)OC1CCCNC1. The lowest BCUT2D eigenvalue weighted by Crippen LogP contribution is -2.38. The van der Waals surface area contributed by atoms with Gasteiger partial charge in [0, 0.05) is 13.6 Å². The van der Waals surface area contributed by atoms with Gasteiger partial charge in [-0.05, 0) is 31.5 Å². The van der Waals surface area contributed by atoms with E-state index in [0.29, 0.717) is 16.3 Å². The topological polar surface area (TPSA) is 71.4 Å². The van der Waals surface area contributed by atoms with E-state index in [0.717, 1.165) is 36.3 Å². The molecule has 3 heterocycles. The Morgan fingerprint density at radius 1 is 1.52 bits per heavy atom. The fourth-order valence-electron chi connectivity index (χ4n) is 2.16. The summed E-state index contributed by atoms with van der Waals surface area (Å²) in [6.07, 6.45) is 2.29. The molecule has 2 N–H and O–H groups in total. The number of pyridine rings is 1. The Morgan fingerprint density at radius 3 is 3.19 bits per heavy atom. The number of hydrogen-bond donors (Lipinski definition) is 2. The molecule has 0 amide bonds. The summed E-state index contributed by atoms with van der Waals surface area (Å²) in [7, 11) is 1.70. The number of anilines is 1. The molecule has 8 heteroatoms. The molecular formula is C13H16ClN5OS. The predicted molar refractivity (Wildman–Crippen MR) is 86.4 cm³/mol. The van der Waals surface area contributed by atoms with Crippen molar-refractivity contribution in [2.24, 2.45) is 4.99 Å². The van der Waals surface area contributed by atoms with Crippen molar-refractivity contribution in [2.75, 3.05) is 25.5 Å². The molecule has 2 aromatic heterocycles. The zero-order valence-electron chi connectivity index (χ0n) is 11.6. The number of hydrogen-bond acceptors (Lipinski definition) is 6. The van der Waals surface area contributed by atoms with Crippen LogP contribution >= 0.6 is 22.9 Å². The molecule has 1 saturated heterocycles. The number of piperidine rings is 1. The monoisotopic (exact) mass is 325 g/mol. The van der Waals surface area contributed by atoms with Crippen molar-refractivity contribution < 1.29 is 4.74 Å². The second kappa shape index (κ2) is 6.55. The molecule has 1 aliphatic rings. The van der Waals surface area contributed by atoms with Crippen LogP contribution in [0.2, 0.25) is 5.15 Å². The number of aromatic nitrogens is 2. The lowest BCUT2D eigenvalue weighted by Gasteiger charge is -2.24. The molecular weight excluding hydrogens is 310 g/mol. The van der Waals surface area contributed by atoms with Crippen LogP contribution in [0.5, 0.6) is 0 Å². The zero-order valence-corrected chi connectivity index (χ0v) is 13.2. The smallest absolute Gasteiger partial charge is 0.291 e. The van der Waals surface area contributed by atoms with Gasteiger partial charge in [-0.2, -0.15) is 0 Å². The van der Waals surface area contributed by atoms with Gasteiger partial charge in [0.25, 0.3) is 6.02 Å². The fourth-order valence-corrected chi connectivity index (χ4v) is 3.18. The van der Waals surface area contributed by atoms with Crippen LogP contribution in [0.25, 0.3) is 10.3 Å². The van der Waals surface area contributed by atoms with Gasteiger partial charge < -0.3 is 10.1 Å². The number of amidine groups is 1. The Kier molecular flexibility index (Phi) is 4.52. The Hall–Kier alpha value is -1.44. The third-order valence-corrected chi connectivity index (χ3v) is 4.26. The number of rotatable bonds is 2. The summed E-state index contributed by atoms with van der Waals surface area (Å²) in [6.45, 7) is 1.90. The van der Waals surface area contributed by atoms with E-state index in [1.807, 2.05) is 6.07 Å². The number of thiazole rings is 1. The maximum atomic E-state index is 5.88. The third-order valence-electron chi connectivity index (χ3n) is 3.17. The van der Waals surface area contributed by atoms with E-state index in [2.05, 4.69) is 25.6 Å². The molecule has 1 fully saturated rings. The van der Waals surface area contributed by atoms with E-state index in [1.165, 1.54) is 11.3 Å². The lowest BCUT2D eigenvalue weighted by atomic mass is 10.1. The second-order valence-corrected chi connectivity index (χ2v) is 6.08. The van der Waals surface area contributed by atoms with Crippen molar-refractivity contribution >= 4 is 44.4 Å². The molecule has 112 valence electrons. The number of ether oxygens (including phenoxy) is 1. The van der Waals surface area contributed by atoms with Crippen molar-refractivity contribution in [3.8, 4) is 0 Å². The number of halogens is 1. The minimum Gasteiger partial charge on any atom is -0.460 e. The maximum absolute atomic E-state index is 5.88. The summed E-state index contributed by atoms with van der Waals surface area (Å²) in [5, 5.41) is 7.58. The van der Waals surface area contributed by atoms with Crippen LogP contribution in [0.1, 0.15) is 12.8 Å². The van der Waals surface area contributed by atoms with Crippen molar-refractivity contribution in [1.82, 2.24) is 15.3 Å². The summed E-state index contributed by atoms with van der Waals surface area (Å²) in [4.78, 5) is 13.6. The van der Waals surface area contributed by atoms with Crippen LogP contribution < -0.4 is 10.6 Å². The van der Waals surface area contributed by atoms with Gasteiger partial charge in [0.05, 0.1) is 0 Å². The minimum atomic E-state index is 0.145. The summed E-state index contributed by atoms with van der Waals surface area (Å²) in [5.74, 6) is 0. The zero-order chi connectivity index (χ0) is 14.7. The first kappa shape index (κ1) is 14.5. The standard InChI is InChI=1S/C13H16ClN5OS/c1-15-12(20-8-3-2-6-16-7-8)19-13-17-9-4-5-10(14)18-11(9)21-13/h4-5,8,16H,2-3,6-7H2,1H3,(H,15,17,19). The summed E-state index contributed by atoms with van der Waals surface area (Å²) in [5.41, 5.74) is 0.807. The van der Waals surface area contributed by atoms with Crippen molar-refractivity contribution in [3.63, 3.8) is 0 Å². The van der Waals surface area contributed by atoms with Gasteiger partial charge >= 0.3 is 0 Å². The average molecular weight is 326 g/mol. The maximum Gasteiger partial charge on any atom is 0.291 e. The highest BCUT2D eigenvalue weighted by atomic mass is 35.5. The van der Waals surface area contributed by atoms with Gasteiger partial charge in [-0.25, -0.2) is 15.0 Å². The highest BCUT2D eigenvalue weighted by Crippen LogP contribution is 2.25. The van der Waals surface area contributed by atoms with Crippen LogP contribution in [0.4, 0.5) is 5.13 Å². The molecule has 0 spiro atoms. The van der Waals surface area contributed by atoms with E-state index in [9.17, 15) is 0 Å². The van der Waals surface area contributed by atoms with E-state index < -0.39 is 0 Å². The summed E-state index contributed by atoms with van der Waals surface area (Å²) >= 11 is 7.30. The molecule has 0 radical (unpaired) electrons. The molecule has 0 bridgehead atoms. The average Bonchev–Trinajstić information content (AvgIpc) is 2.89. The van der Waals surface area contributed by atoms with Crippen LogP contribution in [-0.4, -0.2) is 42.2 Å². The molecule has 0 aromatic carbocycles. The molecule has 0 aliphatic carbocycles. The van der Waals surface area contributed by atoms with E-state index in [4.69, 9.17) is 16.3 Å². The summed E-state index contributed by atoms with van der Waals surface area (Å²) in [6, 6.07) is 4.06. The highest BCUT2D eigenvalue weighted by molar-refractivity contribution is 7.22. The second-order valence-electron chi connectivity index (χ2n) is 4.72. The number of fused-ring (bicyclic) bond motifs is 1. The van der Waals surface area contributed by atoms with Crippen molar-refractivity contribution in [3.05, 3.63) is 17.3 Å². The Morgan fingerprint density at radius 2 is 2.43 bits per heavy atom. The van der Waals surface area contributed by atoms with Gasteiger partial charge in [-0.15, -0.1) is 0 Å².